The van der Waals surface area contributed by atoms with Gasteiger partial charge in [0.2, 0.25) is 15.9 Å². The van der Waals surface area contributed by atoms with Crippen molar-refractivity contribution in [2.75, 3.05) is 17.6 Å². The van der Waals surface area contributed by atoms with E-state index in [1.54, 1.807) is 24.4 Å². The number of carbonyl (C=O) groups is 1. The van der Waals surface area contributed by atoms with Gasteiger partial charge in [-0.25, -0.2) is 13.4 Å². The highest BCUT2D eigenvalue weighted by Crippen LogP contribution is 2.25. The van der Waals surface area contributed by atoms with Crippen molar-refractivity contribution in [2.45, 2.75) is 32.2 Å². The number of carbonyl (C=O) groups excluding carboxylic acids is 1. The molecule has 134 valence electrons. The minimum atomic E-state index is -3.39. The summed E-state index contributed by atoms with van der Waals surface area (Å²) in [6.45, 7) is 2.22. The molecule has 2 aromatic rings. The molecule has 1 aliphatic rings. The predicted molar refractivity (Wildman–Crippen MR) is 94.4 cm³/mol. The Morgan fingerprint density at radius 3 is 3.00 bits per heavy atom. The van der Waals surface area contributed by atoms with Gasteiger partial charge in [-0.2, -0.15) is 4.31 Å². The largest absolute Gasteiger partial charge is 0.444 e. The number of rotatable bonds is 6. The molecule has 1 atom stereocenters. The van der Waals surface area contributed by atoms with Crippen LogP contribution in [-0.4, -0.2) is 42.0 Å². The molecule has 1 aromatic carbocycles. The molecule has 0 bridgehead atoms. The topological polar surface area (TPSA) is 92.5 Å². The Balaban J connectivity index is 1.75. The van der Waals surface area contributed by atoms with Crippen molar-refractivity contribution in [1.29, 1.82) is 0 Å². The number of benzene rings is 1. The van der Waals surface area contributed by atoms with Crippen LogP contribution in [-0.2, 0) is 14.8 Å². The fraction of sp³-hybridized carbons (Fsp3) is 0.412. The first kappa shape index (κ1) is 17.6. The van der Waals surface area contributed by atoms with Crippen LogP contribution in [0.15, 0.2) is 41.3 Å². The lowest BCUT2D eigenvalue weighted by atomic mass is 10.1. The second-order valence-corrected chi connectivity index (χ2v) is 8.06. The maximum atomic E-state index is 12.6. The lowest BCUT2D eigenvalue weighted by Crippen LogP contribution is -2.44. The zero-order chi connectivity index (χ0) is 17.9. The SMILES string of the molecule is CCCS(=O)(=O)N1CCC[C@H]1C(=O)Nc1cccc(-c2cnco2)c1. The van der Waals surface area contributed by atoms with Gasteiger partial charge in [0.15, 0.2) is 12.2 Å². The third-order valence-electron chi connectivity index (χ3n) is 4.17. The van der Waals surface area contributed by atoms with Crippen LogP contribution in [0.2, 0.25) is 0 Å². The van der Waals surface area contributed by atoms with E-state index in [9.17, 15) is 13.2 Å². The van der Waals surface area contributed by atoms with Gasteiger partial charge in [0, 0.05) is 17.8 Å². The summed E-state index contributed by atoms with van der Waals surface area (Å²) in [5.74, 6) is 0.369. The Bertz CT molecular complexity index is 833. The Morgan fingerprint density at radius 1 is 1.44 bits per heavy atom. The molecular weight excluding hydrogens is 342 g/mol. The molecule has 1 saturated heterocycles. The molecule has 8 heteroatoms. The summed E-state index contributed by atoms with van der Waals surface area (Å²) in [6, 6.07) is 6.54. The van der Waals surface area contributed by atoms with Crippen molar-refractivity contribution in [3.8, 4) is 11.3 Å². The Hall–Kier alpha value is -2.19. The van der Waals surface area contributed by atoms with Crippen LogP contribution in [0.25, 0.3) is 11.3 Å². The summed E-state index contributed by atoms with van der Waals surface area (Å²) in [6.07, 6.45) is 4.70. The maximum absolute atomic E-state index is 12.6. The van der Waals surface area contributed by atoms with Crippen LogP contribution in [0, 0.1) is 0 Å². The standard InChI is InChI=1S/C17H21N3O4S/c1-2-9-25(22,23)20-8-4-7-15(20)17(21)19-14-6-3-5-13(10-14)16-11-18-12-24-16/h3,5-6,10-12,15H,2,4,7-9H2,1H3,(H,19,21)/t15-/m0/s1. The lowest BCUT2D eigenvalue weighted by molar-refractivity contribution is -0.119. The number of amides is 1. The average Bonchev–Trinajstić information content (AvgIpc) is 3.27. The molecule has 25 heavy (non-hydrogen) atoms. The third kappa shape index (κ3) is 3.91. The number of anilines is 1. The van der Waals surface area contributed by atoms with Crippen molar-refractivity contribution in [2.24, 2.45) is 0 Å². The van der Waals surface area contributed by atoms with E-state index in [1.165, 1.54) is 10.7 Å². The summed E-state index contributed by atoms with van der Waals surface area (Å²) in [4.78, 5) is 16.5. The van der Waals surface area contributed by atoms with Crippen molar-refractivity contribution >= 4 is 21.6 Å². The summed E-state index contributed by atoms with van der Waals surface area (Å²) in [5, 5.41) is 2.82. The van der Waals surface area contributed by atoms with E-state index in [0.717, 1.165) is 5.56 Å². The number of oxazole rings is 1. The first-order chi connectivity index (χ1) is 12.0. The minimum absolute atomic E-state index is 0.0672. The van der Waals surface area contributed by atoms with Crippen molar-refractivity contribution in [1.82, 2.24) is 9.29 Å². The molecule has 0 aliphatic carbocycles. The number of sulfonamides is 1. The van der Waals surface area contributed by atoms with Crippen LogP contribution >= 0.6 is 0 Å². The van der Waals surface area contributed by atoms with E-state index < -0.39 is 16.1 Å². The molecule has 1 aromatic heterocycles. The first-order valence-corrected chi connectivity index (χ1v) is 9.91. The van der Waals surface area contributed by atoms with Gasteiger partial charge in [0.25, 0.3) is 0 Å². The molecule has 1 fully saturated rings. The molecule has 0 saturated carbocycles. The van der Waals surface area contributed by atoms with Gasteiger partial charge >= 0.3 is 0 Å². The highest BCUT2D eigenvalue weighted by molar-refractivity contribution is 7.89. The van der Waals surface area contributed by atoms with Gasteiger partial charge < -0.3 is 9.73 Å². The Morgan fingerprint density at radius 2 is 2.28 bits per heavy atom. The zero-order valence-corrected chi connectivity index (χ0v) is 14.8. The van der Waals surface area contributed by atoms with Gasteiger partial charge in [-0.05, 0) is 31.4 Å². The lowest BCUT2D eigenvalue weighted by Gasteiger charge is -2.23. The first-order valence-electron chi connectivity index (χ1n) is 8.30. The number of aromatic nitrogens is 1. The van der Waals surface area contributed by atoms with Crippen LogP contribution in [0.3, 0.4) is 0 Å². The Labute approximate surface area is 147 Å². The summed E-state index contributed by atoms with van der Waals surface area (Å²) < 4.78 is 31.3. The van der Waals surface area contributed by atoms with Gasteiger partial charge in [-0.15, -0.1) is 0 Å². The number of hydrogen-bond acceptors (Lipinski definition) is 5. The smallest absolute Gasteiger partial charge is 0.242 e. The van der Waals surface area contributed by atoms with E-state index in [1.807, 2.05) is 13.0 Å². The molecular formula is C17H21N3O4S. The van der Waals surface area contributed by atoms with E-state index in [4.69, 9.17) is 4.42 Å². The van der Waals surface area contributed by atoms with E-state index in [0.29, 0.717) is 37.3 Å². The molecule has 0 spiro atoms. The molecule has 7 nitrogen and oxygen atoms in total. The second-order valence-electron chi connectivity index (χ2n) is 6.02. The summed E-state index contributed by atoms with van der Waals surface area (Å²) in [7, 11) is -3.39. The fourth-order valence-corrected chi connectivity index (χ4v) is 4.79. The molecule has 1 N–H and O–H groups in total. The Kier molecular flexibility index (Phi) is 5.19. The minimum Gasteiger partial charge on any atom is -0.444 e. The van der Waals surface area contributed by atoms with Crippen molar-refractivity contribution in [3.63, 3.8) is 0 Å². The van der Waals surface area contributed by atoms with E-state index in [2.05, 4.69) is 10.3 Å². The van der Waals surface area contributed by atoms with Crippen molar-refractivity contribution < 1.29 is 17.6 Å². The molecule has 2 heterocycles. The molecule has 1 amide bonds. The van der Waals surface area contributed by atoms with Gasteiger partial charge in [0.05, 0.1) is 11.9 Å². The van der Waals surface area contributed by atoms with Crippen LogP contribution in [0.4, 0.5) is 5.69 Å². The van der Waals surface area contributed by atoms with Crippen LogP contribution in [0.5, 0.6) is 0 Å². The fourth-order valence-electron chi connectivity index (χ4n) is 3.04. The van der Waals surface area contributed by atoms with E-state index >= 15 is 0 Å². The molecule has 3 rings (SSSR count). The highest BCUT2D eigenvalue weighted by Gasteiger charge is 2.38. The zero-order valence-electron chi connectivity index (χ0n) is 14.0. The molecule has 0 unspecified atom stereocenters. The van der Waals surface area contributed by atoms with Gasteiger partial charge in [-0.1, -0.05) is 19.1 Å². The number of hydrogen-bond donors (Lipinski definition) is 1. The normalized spacial score (nSPS) is 18.4. The monoisotopic (exact) mass is 363 g/mol. The molecule has 0 radical (unpaired) electrons. The van der Waals surface area contributed by atoms with E-state index in [-0.39, 0.29) is 11.7 Å². The highest BCUT2D eigenvalue weighted by atomic mass is 32.2. The summed E-state index contributed by atoms with van der Waals surface area (Å²) in [5.41, 5.74) is 1.39. The van der Waals surface area contributed by atoms with Crippen LogP contribution in [0.1, 0.15) is 26.2 Å². The average molecular weight is 363 g/mol. The number of nitrogens with zero attached hydrogens (tertiary/aromatic N) is 2. The maximum Gasteiger partial charge on any atom is 0.242 e. The van der Waals surface area contributed by atoms with Crippen LogP contribution < -0.4 is 5.32 Å². The molecule has 1 aliphatic heterocycles. The predicted octanol–water partition coefficient (Wildman–Crippen LogP) is 2.48. The van der Waals surface area contributed by atoms with Gasteiger partial charge in [-0.3, -0.25) is 4.79 Å². The number of nitrogens with one attached hydrogen (secondary N) is 1. The summed E-state index contributed by atoms with van der Waals surface area (Å²) >= 11 is 0. The third-order valence-corrected chi connectivity index (χ3v) is 6.25. The van der Waals surface area contributed by atoms with Crippen molar-refractivity contribution in [3.05, 3.63) is 36.9 Å². The quantitative estimate of drug-likeness (QED) is 0.851. The second kappa shape index (κ2) is 7.37. The van der Waals surface area contributed by atoms with Gasteiger partial charge in [0.1, 0.15) is 6.04 Å².